The summed E-state index contributed by atoms with van der Waals surface area (Å²) in [6.45, 7) is 6.96. The van der Waals surface area contributed by atoms with Crippen LogP contribution in [-0.2, 0) is 12.6 Å². The topological polar surface area (TPSA) is 58.5 Å². The Hall–Kier alpha value is -2.29. The number of alkyl halides is 3. The van der Waals surface area contributed by atoms with Crippen molar-refractivity contribution in [3.05, 3.63) is 45.4 Å². The molecule has 0 aliphatic carbocycles. The van der Waals surface area contributed by atoms with Crippen molar-refractivity contribution in [3.63, 3.8) is 0 Å². The number of guanidine groups is 1. The molecule has 1 heterocycles. The van der Waals surface area contributed by atoms with E-state index in [-0.39, 0.29) is 6.04 Å². The van der Waals surface area contributed by atoms with Crippen LogP contribution in [0.15, 0.2) is 28.6 Å². The normalized spacial score (nSPS) is 13.3. The molecule has 0 aliphatic rings. The molecule has 5 nitrogen and oxygen atoms in total. The van der Waals surface area contributed by atoms with Gasteiger partial charge in [0, 0.05) is 30.5 Å². The van der Waals surface area contributed by atoms with Crippen molar-refractivity contribution in [1.29, 1.82) is 0 Å². The summed E-state index contributed by atoms with van der Waals surface area (Å²) in [5.41, 5.74) is 1.28. The second kappa shape index (κ2) is 9.77. The maximum atomic E-state index is 12.6. The molecule has 0 saturated heterocycles. The van der Waals surface area contributed by atoms with Crippen molar-refractivity contribution in [2.24, 2.45) is 4.99 Å². The number of benzene rings is 1. The Labute approximate surface area is 167 Å². The molecule has 28 heavy (non-hydrogen) atoms. The molecule has 1 unspecified atom stereocenters. The van der Waals surface area contributed by atoms with Crippen LogP contribution in [0.4, 0.5) is 13.2 Å². The van der Waals surface area contributed by atoms with E-state index in [1.807, 2.05) is 39.0 Å². The fourth-order valence-corrected chi connectivity index (χ4v) is 3.41. The minimum atomic E-state index is -4.41. The summed E-state index contributed by atoms with van der Waals surface area (Å²) in [5.74, 6) is 1.37. The summed E-state index contributed by atoms with van der Waals surface area (Å²) in [7, 11) is 1.63. The number of hydrogen-bond acceptors (Lipinski definition) is 4. The summed E-state index contributed by atoms with van der Waals surface area (Å²) in [5, 5.41) is 7.92. The van der Waals surface area contributed by atoms with Gasteiger partial charge in [0.2, 0.25) is 0 Å². The number of aryl methyl sites for hydroxylation is 1. The van der Waals surface area contributed by atoms with Crippen LogP contribution in [0.25, 0.3) is 0 Å². The van der Waals surface area contributed by atoms with Gasteiger partial charge in [-0.15, -0.1) is 11.3 Å². The largest absolute Gasteiger partial charge is 0.496 e. The van der Waals surface area contributed by atoms with Crippen molar-refractivity contribution in [1.82, 2.24) is 15.6 Å². The molecule has 0 amide bonds. The van der Waals surface area contributed by atoms with Crippen LogP contribution < -0.4 is 15.4 Å². The van der Waals surface area contributed by atoms with E-state index in [9.17, 15) is 13.2 Å². The minimum Gasteiger partial charge on any atom is -0.496 e. The van der Waals surface area contributed by atoms with E-state index in [0.29, 0.717) is 30.5 Å². The van der Waals surface area contributed by atoms with Gasteiger partial charge in [-0.3, -0.25) is 4.99 Å². The van der Waals surface area contributed by atoms with Gasteiger partial charge in [-0.1, -0.05) is 17.7 Å². The summed E-state index contributed by atoms with van der Waals surface area (Å²) in [6, 6.07) is 5.89. The predicted octanol–water partition coefficient (Wildman–Crippen LogP) is 4.34. The van der Waals surface area contributed by atoms with Crippen LogP contribution >= 0.6 is 11.3 Å². The molecule has 2 aromatic rings. The molecule has 154 valence electrons. The summed E-state index contributed by atoms with van der Waals surface area (Å²) in [6.07, 6.45) is -4.06. The maximum absolute atomic E-state index is 12.6. The Morgan fingerprint density at radius 1 is 1.36 bits per heavy atom. The first-order valence-corrected chi connectivity index (χ1v) is 9.83. The van der Waals surface area contributed by atoms with Crippen molar-refractivity contribution in [2.75, 3.05) is 20.2 Å². The smallest absolute Gasteiger partial charge is 0.434 e. The van der Waals surface area contributed by atoms with E-state index in [0.717, 1.165) is 33.6 Å². The van der Waals surface area contributed by atoms with Crippen molar-refractivity contribution < 1.29 is 17.9 Å². The number of halogens is 3. The SMILES string of the molecule is CCNC(=NCCc1nc(C(F)(F)F)cs1)NC(C)c1cc(C)ccc1OC. The van der Waals surface area contributed by atoms with Crippen LogP contribution in [0, 0.1) is 6.92 Å². The lowest BCUT2D eigenvalue weighted by Gasteiger charge is -2.20. The molecule has 1 atom stereocenters. The molecule has 0 aliphatic heterocycles. The second-order valence-corrected chi connectivity index (χ2v) is 7.19. The van der Waals surface area contributed by atoms with E-state index >= 15 is 0 Å². The van der Waals surface area contributed by atoms with E-state index in [4.69, 9.17) is 4.74 Å². The lowest BCUT2D eigenvalue weighted by Crippen LogP contribution is -2.39. The number of nitrogens with zero attached hydrogens (tertiary/aromatic N) is 2. The van der Waals surface area contributed by atoms with E-state index < -0.39 is 11.9 Å². The molecule has 9 heteroatoms. The highest BCUT2D eigenvalue weighted by molar-refractivity contribution is 7.09. The number of methoxy groups -OCH3 is 1. The lowest BCUT2D eigenvalue weighted by atomic mass is 10.0. The molecule has 0 radical (unpaired) electrons. The molecular weight excluding hydrogens is 389 g/mol. The average molecular weight is 414 g/mol. The van der Waals surface area contributed by atoms with Crippen LogP contribution in [0.5, 0.6) is 5.75 Å². The van der Waals surface area contributed by atoms with E-state index in [2.05, 4.69) is 20.6 Å². The number of ether oxygens (including phenoxy) is 1. The zero-order valence-electron chi connectivity index (χ0n) is 16.4. The molecule has 0 fully saturated rings. The summed E-state index contributed by atoms with van der Waals surface area (Å²) in [4.78, 5) is 8.09. The van der Waals surface area contributed by atoms with Crippen LogP contribution in [0.2, 0.25) is 0 Å². The third-order valence-corrected chi connectivity index (χ3v) is 4.90. The van der Waals surface area contributed by atoms with Crippen molar-refractivity contribution in [2.45, 2.75) is 39.4 Å². The van der Waals surface area contributed by atoms with Gasteiger partial charge in [-0.25, -0.2) is 4.98 Å². The van der Waals surface area contributed by atoms with Crippen LogP contribution in [0.3, 0.4) is 0 Å². The molecule has 0 bridgehead atoms. The predicted molar refractivity (Wildman–Crippen MR) is 106 cm³/mol. The number of aromatic nitrogens is 1. The van der Waals surface area contributed by atoms with Gasteiger partial charge in [0.15, 0.2) is 11.7 Å². The standard InChI is InChI=1S/C19H25F3N4OS/c1-5-23-18(24-9-8-17-26-16(11-28-17)19(20,21)22)25-13(3)14-10-12(2)6-7-15(14)27-4/h6-7,10-11,13H,5,8-9H2,1-4H3,(H2,23,24,25). The number of nitrogens with one attached hydrogen (secondary N) is 2. The molecule has 2 N–H and O–H groups in total. The quantitative estimate of drug-likeness (QED) is 0.523. The van der Waals surface area contributed by atoms with E-state index in [1.54, 1.807) is 7.11 Å². The van der Waals surface area contributed by atoms with Crippen molar-refractivity contribution >= 4 is 17.3 Å². The first-order chi connectivity index (χ1) is 13.2. The van der Waals surface area contributed by atoms with Gasteiger partial charge in [0.05, 0.1) is 18.2 Å². The molecule has 2 rings (SSSR count). The lowest BCUT2D eigenvalue weighted by molar-refractivity contribution is -0.140. The fourth-order valence-electron chi connectivity index (χ4n) is 2.61. The van der Waals surface area contributed by atoms with Gasteiger partial charge >= 0.3 is 6.18 Å². The Morgan fingerprint density at radius 3 is 2.71 bits per heavy atom. The highest BCUT2D eigenvalue weighted by Gasteiger charge is 2.33. The minimum absolute atomic E-state index is 0.0654. The first-order valence-electron chi connectivity index (χ1n) is 8.95. The zero-order chi connectivity index (χ0) is 20.7. The zero-order valence-corrected chi connectivity index (χ0v) is 17.2. The highest BCUT2D eigenvalue weighted by Crippen LogP contribution is 2.30. The Balaban J connectivity index is 2.04. The summed E-state index contributed by atoms with van der Waals surface area (Å²) >= 11 is 1.00. The van der Waals surface area contributed by atoms with Gasteiger partial charge in [-0.2, -0.15) is 13.2 Å². The van der Waals surface area contributed by atoms with Crippen LogP contribution in [0.1, 0.15) is 41.7 Å². The number of aliphatic imine (C=N–C) groups is 1. The molecular formula is C19H25F3N4OS. The number of thiazole rings is 1. The summed E-state index contributed by atoms with van der Waals surface area (Å²) < 4.78 is 43.3. The molecule has 0 saturated carbocycles. The highest BCUT2D eigenvalue weighted by atomic mass is 32.1. The first kappa shape index (κ1) is 22.0. The Bertz CT molecular complexity index is 805. The van der Waals surface area contributed by atoms with Gasteiger partial charge < -0.3 is 15.4 Å². The number of hydrogen-bond donors (Lipinski definition) is 2. The van der Waals surface area contributed by atoms with Gasteiger partial charge in [0.1, 0.15) is 5.75 Å². The number of rotatable bonds is 7. The monoisotopic (exact) mass is 414 g/mol. The van der Waals surface area contributed by atoms with Gasteiger partial charge in [-0.05, 0) is 26.8 Å². The fraction of sp³-hybridized carbons (Fsp3) is 0.474. The molecule has 1 aromatic heterocycles. The third kappa shape index (κ3) is 6.12. The average Bonchev–Trinajstić information content (AvgIpc) is 3.11. The van der Waals surface area contributed by atoms with Crippen molar-refractivity contribution in [3.8, 4) is 5.75 Å². The molecule has 1 aromatic carbocycles. The van der Waals surface area contributed by atoms with Gasteiger partial charge in [0.25, 0.3) is 0 Å². The molecule has 0 spiro atoms. The third-order valence-electron chi connectivity index (χ3n) is 3.99. The second-order valence-electron chi connectivity index (χ2n) is 6.25. The van der Waals surface area contributed by atoms with Crippen LogP contribution in [-0.4, -0.2) is 31.1 Å². The Morgan fingerprint density at radius 2 is 2.11 bits per heavy atom. The Kier molecular flexibility index (Phi) is 7.68. The van der Waals surface area contributed by atoms with E-state index in [1.165, 1.54) is 0 Å². The maximum Gasteiger partial charge on any atom is 0.434 e.